The van der Waals surface area contributed by atoms with E-state index in [0.29, 0.717) is 11.9 Å². The van der Waals surface area contributed by atoms with Gasteiger partial charge in [0.05, 0.1) is 5.39 Å². The summed E-state index contributed by atoms with van der Waals surface area (Å²) in [5.41, 5.74) is 1.58. The molecule has 0 atom stereocenters. The van der Waals surface area contributed by atoms with Gasteiger partial charge < -0.3 is 0 Å². The molecular weight excluding hydrogens is 308 g/mol. The third kappa shape index (κ3) is 2.57. The van der Waals surface area contributed by atoms with Gasteiger partial charge in [-0.25, -0.2) is 4.79 Å². The third-order valence-electron chi connectivity index (χ3n) is 3.99. The average molecular weight is 326 g/mol. The Balaban J connectivity index is 2.22. The van der Waals surface area contributed by atoms with Crippen molar-refractivity contribution in [2.75, 3.05) is 0 Å². The lowest BCUT2D eigenvalue weighted by Gasteiger charge is -2.05. The second-order valence-electron chi connectivity index (χ2n) is 5.41. The van der Waals surface area contributed by atoms with Crippen molar-refractivity contribution in [1.29, 1.82) is 0 Å². The van der Waals surface area contributed by atoms with Crippen LogP contribution in [0.25, 0.3) is 22.4 Å². The SMILES string of the molecule is CCn1c(=O)c2c(C)c(C=Cc3ccccc3)sc2n(C)c1=O. The van der Waals surface area contributed by atoms with Gasteiger partial charge in [0.1, 0.15) is 4.83 Å². The quantitative estimate of drug-likeness (QED) is 0.741. The largest absolute Gasteiger partial charge is 0.331 e. The molecule has 0 fully saturated rings. The van der Waals surface area contributed by atoms with E-state index in [1.165, 1.54) is 15.9 Å². The normalized spacial score (nSPS) is 11.6. The fraction of sp³-hybridized carbons (Fsp3) is 0.222. The molecule has 0 amide bonds. The topological polar surface area (TPSA) is 44.0 Å². The van der Waals surface area contributed by atoms with E-state index in [0.717, 1.165) is 20.8 Å². The summed E-state index contributed by atoms with van der Waals surface area (Å²) in [6, 6.07) is 10.0. The van der Waals surface area contributed by atoms with Crippen molar-refractivity contribution in [3.63, 3.8) is 0 Å². The van der Waals surface area contributed by atoms with E-state index in [1.807, 2.05) is 56.3 Å². The Morgan fingerprint density at radius 3 is 2.48 bits per heavy atom. The number of hydrogen-bond donors (Lipinski definition) is 0. The molecule has 3 rings (SSSR count). The smallest absolute Gasteiger partial charge is 0.287 e. The molecule has 0 spiro atoms. The highest BCUT2D eigenvalue weighted by Gasteiger charge is 2.16. The van der Waals surface area contributed by atoms with Gasteiger partial charge in [-0.2, -0.15) is 0 Å². The summed E-state index contributed by atoms with van der Waals surface area (Å²) >= 11 is 1.48. The van der Waals surface area contributed by atoms with Gasteiger partial charge in [-0.05, 0) is 31.1 Å². The van der Waals surface area contributed by atoms with Crippen LogP contribution in [0.1, 0.15) is 22.9 Å². The Labute approximate surface area is 137 Å². The van der Waals surface area contributed by atoms with Crippen molar-refractivity contribution < 1.29 is 0 Å². The zero-order valence-corrected chi connectivity index (χ0v) is 14.2. The first kappa shape index (κ1) is 15.5. The fourth-order valence-corrected chi connectivity index (χ4v) is 3.82. The molecular formula is C18H18N2O2S. The monoisotopic (exact) mass is 326 g/mol. The first-order valence-electron chi connectivity index (χ1n) is 7.50. The fourth-order valence-electron chi connectivity index (χ4n) is 2.67. The van der Waals surface area contributed by atoms with Crippen LogP contribution in [0.15, 0.2) is 39.9 Å². The summed E-state index contributed by atoms with van der Waals surface area (Å²) in [6.07, 6.45) is 4.03. The standard InChI is InChI=1S/C18H18N2O2S/c1-4-20-16(21)15-12(2)14(23-17(15)19(3)18(20)22)11-10-13-8-6-5-7-9-13/h5-11H,4H2,1-3H3. The molecule has 0 unspecified atom stereocenters. The first-order chi connectivity index (χ1) is 11.0. The van der Waals surface area contributed by atoms with Crippen LogP contribution in [0, 0.1) is 6.92 Å². The summed E-state index contributed by atoms with van der Waals surface area (Å²) in [6.45, 7) is 4.13. The van der Waals surface area contributed by atoms with E-state index >= 15 is 0 Å². The van der Waals surface area contributed by atoms with Crippen LogP contribution in [-0.4, -0.2) is 9.13 Å². The van der Waals surface area contributed by atoms with E-state index in [9.17, 15) is 9.59 Å². The van der Waals surface area contributed by atoms with Gasteiger partial charge >= 0.3 is 5.69 Å². The van der Waals surface area contributed by atoms with Crippen LogP contribution in [0.2, 0.25) is 0 Å². The minimum absolute atomic E-state index is 0.196. The molecule has 0 aliphatic rings. The minimum atomic E-state index is -0.259. The highest BCUT2D eigenvalue weighted by molar-refractivity contribution is 7.19. The Kier molecular flexibility index (Phi) is 4.05. The summed E-state index contributed by atoms with van der Waals surface area (Å²) in [5, 5.41) is 0.645. The van der Waals surface area contributed by atoms with Gasteiger partial charge in [0.15, 0.2) is 0 Å². The van der Waals surface area contributed by atoms with Gasteiger partial charge in [-0.15, -0.1) is 11.3 Å². The molecule has 118 valence electrons. The number of benzene rings is 1. The molecule has 4 nitrogen and oxygen atoms in total. The first-order valence-corrected chi connectivity index (χ1v) is 8.32. The summed E-state index contributed by atoms with van der Waals surface area (Å²) in [4.78, 5) is 26.6. The number of aromatic nitrogens is 2. The van der Waals surface area contributed by atoms with Gasteiger partial charge in [0, 0.05) is 18.5 Å². The molecule has 0 saturated carbocycles. The molecule has 0 aliphatic carbocycles. The average Bonchev–Trinajstić information content (AvgIpc) is 2.89. The molecule has 2 heterocycles. The maximum absolute atomic E-state index is 12.6. The summed E-state index contributed by atoms with van der Waals surface area (Å²) in [5.74, 6) is 0. The van der Waals surface area contributed by atoms with Gasteiger partial charge in [-0.3, -0.25) is 13.9 Å². The van der Waals surface area contributed by atoms with Crippen molar-refractivity contribution in [3.8, 4) is 0 Å². The van der Waals surface area contributed by atoms with Gasteiger partial charge in [0.2, 0.25) is 0 Å². The summed E-state index contributed by atoms with van der Waals surface area (Å²) < 4.78 is 2.85. The maximum Gasteiger partial charge on any atom is 0.331 e. The van der Waals surface area contributed by atoms with Gasteiger partial charge in [0.25, 0.3) is 5.56 Å². The second-order valence-corrected chi connectivity index (χ2v) is 6.44. The van der Waals surface area contributed by atoms with E-state index in [2.05, 4.69) is 0 Å². The highest BCUT2D eigenvalue weighted by atomic mass is 32.1. The van der Waals surface area contributed by atoms with Crippen LogP contribution in [0.5, 0.6) is 0 Å². The van der Waals surface area contributed by atoms with Crippen molar-refractivity contribution in [1.82, 2.24) is 9.13 Å². The second kappa shape index (κ2) is 6.01. The van der Waals surface area contributed by atoms with E-state index in [-0.39, 0.29) is 11.2 Å². The molecule has 0 aliphatic heterocycles. The minimum Gasteiger partial charge on any atom is -0.287 e. The van der Waals surface area contributed by atoms with Crippen molar-refractivity contribution >= 4 is 33.7 Å². The number of aryl methyl sites for hydroxylation is 2. The third-order valence-corrected chi connectivity index (χ3v) is 5.32. The van der Waals surface area contributed by atoms with Crippen molar-refractivity contribution in [2.24, 2.45) is 7.05 Å². The Morgan fingerprint density at radius 2 is 1.83 bits per heavy atom. The van der Waals surface area contributed by atoms with Crippen molar-refractivity contribution in [3.05, 3.63) is 67.2 Å². The molecule has 3 aromatic rings. The van der Waals surface area contributed by atoms with Crippen LogP contribution in [0.3, 0.4) is 0 Å². The van der Waals surface area contributed by atoms with Crippen LogP contribution >= 0.6 is 11.3 Å². The van der Waals surface area contributed by atoms with E-state index in [4.69, 9.17) is 0 Å². The Bertz CT molecular complexity index is 1010. The predicted octanol–water partition coefficient (Wildman–Crippen LogP) is 3.26. The van der Waals surface area contributed by atoms with E-state index < -0.39 is 0 Å². The van der Waals surface area contributed by atoms with Crippen molar-refractivity contribution in [2.45, 2.75) is 20.4 Å². The molecule has 2 aromatic heterocycles. The lowest BCUT2D eigenvalue weighted by Crippen LogP contribution is -2.38. The lowest BCUT2D eigenvalue weighted by molar-refractivity contribution is 0.642. The zero-order chi connectivity index (χ0) is 16.6. The molecule has 0 saturated heterocycles. The number of thiophene rings is 1. The predicted molar refractivity (Wildman–Crippen MR) is 97.1 cm³/mol. The number of rotatable bonds is 3. The number of nitrogens with zero attached hydrogens (tertiary/aromatic N) is 2. The van der Waals surface area contributed by atoms with Crippen LogP contribution in [0.4, 0.5) is 0 Å². The van der Waals surface area contributed by atoms with E-state index in [1.54, 1.807) is 11.6 Å². The zero-order valence-electron chi connectivity index (χ0n) is 13.4. The highest BCUT2D eigenvalue weighted by Crippen LogP contribution is 2.29. The van der Waals surface area contributed by atoms with Gasteiger partial charge in [-0.1, -0.05) is 36.4 Å². The molecule has 5 heteroatoms. The molecule has 0 radical (unpaired) electrons. The van der Waals surface area contributed by atoms with Crippen LogP contribution in [-0.2, 0) is 13.6 Å². The molecule has 0 bridgehead atoms. The number of hydrogen-bond acceptors (Lipinski definition) is 3. The molecule has 1 aromatic carbocycles. The molecule has 0 N–H and O–H groups in total. The maximum atomic E-state index is 12.6. The molecule has 23 heavy (non-hydrogen) atoms. The summed E-state index contributed by atoms with van der Waals surface area (Å²) in [7, 11) is 1.72. The number of fused-ring (bicyclic) bond motifs is 1. The van der Waals surface area contributed by atoms with Crippen LogP contribution < -0.4 is 11.2 Å². The Hall–Kier alpha value is -2.40. The lowest BCUT2D eigenvalue weighted by atomic mass is 10.1. The Morgan fingerprint density at radius 1 is 1.13 bits per heavy atom.